The van der Waals surface area contributed by atoms with Crippen LogP contribution in [-0.2, 0) is 19.1 Å². The molecule has 2 unspecified atom stereocenters. The number of halogens is 2. The van der Waals surface area contributed by atoms with Crippen LogP contribution in [-0.4, -0.2) is 21.5 Å². The Hall–Kier alpha value is -0.100. The zero-order valence-corrected chi connectivity index (χ0v) is 11.3. The first-order valence-corrected chi connectivity index (χ1v) is 5.66. The van der Waals surface area contributed by atoms with Crippen LogP contribution in [0.3, 0.4) is 0 Å². The van der Waals surface area contributed by atoms with Gasteiger partial charge in [0.2, 0.25) is 0 Å². The highest BCUT2D eigenvalue weighted by molar-refractivity contribution is 9.10. The molecule has 0 N–H and O–H groups in total. The minimum atomic E-state index is -1.00. The third kappa shape index (κ3) is 7.32. The average molecular weight is 332 g/mol. The second-order valence-corrected chi connectivity index (χ2v) is 5.87. The quantitative estimate of drug-likeness (QED) is 0.586. The van der Waals surface area contributed by atoms with E-state index in [-0.39, 0.29) is 11.4 Å². The Morgan fingerprint density at radius 3 is 2.36 bits per heavy atom. The van der Waals surface area contributed by atoms with Crippen molar-refractivity contribution in [2.24, 2.45) is 0 Å². The monoisotopic (exact) mass is 330 g/mol. The molecule has 0 aliphatic rings. The highest BCUT2D eigenvalue weighted by Gasteiger charge is 2.28. The molecule has 0 aliphatic heterocycles. The molecule has 0 aliphatic carbocycles. The van der Waals surface area contributed by atoms with Gasteiger partial charge in [0.1, 0.15) is 0 Å². The number of ether oxygens (including phenoxy) is 2. The number of rotatable bonds is 4. The molecule has 0 spiro atoms. The summed E-state index contributed by atoms with van der Waals surface area (Å²) < 4.78 is 8.67. The molecule has 0 heterocycles. The van der Waals surface area contributed by atoms with Crippen molar-refractivity contribution in [3.8, 4) is 0 Å². The topological polar surface area (TPSA) is 52.6 Å². The standard InChI is InChI=1S/C8H12Br2O4/c1-5(9)13-7(12)4-8(3,10)14-6(2)11/h5H,4H2,1-3H3. The van der Waals surface area contributed by atoms with E-state index in [0.717, 1.165) is 0 Å². The number of carbonyl (C=O) groups excluding carboxylic acids is 2. The molecule has 6 heteroatoms. The first-order valence-electron chi connectivity index (χ1n) is 3.95. The van der Waals surface area contributed by atoms with Gasteiger partial charge in [0.25, 0.3) is 0 Å². The van der Waals surface area contributed by atoms with E-state index in [9.17, 15) is 9.59 Å². The molecule has 0 rings (SSSR count). The van der Waals surface area contributed by atoms with E-state index in [1.54, 1.807) is 13.8 Å². The van der Waals surface area contributed by atoms with Crippen molar-refractivity contribution < 1.29 is 19.1 Å². The third-order valence-corrected chi connectivity index (χ3v) is 1.74. The normalized spacial score (nSPS) is 16.6. The van der Waals surface area contributed by atoms with Crippen molar-refractivity contribution in [1.82, 2.24) is 0 Å². The Bertz CT molecular complexity index is 225. The summed E-state index contributed by atoms with van der Waals surface area (Å²) in [5.41, 5.74) is 0. The highest BCUT2D eigenvalue weighted by Crippen LogP contribution is 2.24. The molecule has 0 aromatic rings. The van der Waals surface area contributed by atoms with Crippen LogP contribution in [0.25, 0.3) is 0 Å². The first-order chi connectivity index (χ1) is 6.23. The van der Waals surface area contributed by atoms with Gasteiger partial charge in [0.15, 0.2) is 9.52 Å². The van der Waals surface area contributed by atoms with E-state index >= 15 is 0 Å². The molecule has 0 fully saturated rings. The minimum Gasteiger partial charge on any atom is -0.451 e. The van der Waals surface area contributed by atoms with Gasteiger partial charge in [0.05, 0.1) is 6.42 Å². The van der Waals surface area contributed by atoms with Crippen LogP contribution >= 0.6 is 31.9 Å². The zero-order chi connectivity index (χ0) is 11.4. The fourth-order valence-corrected chi connectivity index (χ4v) is 1.48. The predicted molar refractivity (Wildman–Crippen MR) is 58.2 cm³/mol. The van der Waals surface area contributed by atoms with E-state index < -0.39 is 16.4 Å². The Labute approximate surface area is 99.6 Å². The first kappa shape index (κ1) is 13.9. The largest absolute Gasteiger partial charge is 0.451 e. The van der Waals surface area contributed by atoms with Crippen LogP contribution < -0.4 is 0 Å². The van der Waals surface area contributed by atoms with Crippen LogP contribution in [0.4, 0.5) is 0 Å². The summed E-state index contributed by atoms with van der Waals surface area (Å²) in [6.45, 7) is 4.53. The van der Waals surface area contributed by atoms with Crippen molar-refractivity contribution >= 4 is 43.8 Å². The third-order valence-electron chi connectivity index (χ3n) is 1.11. The van der Waals surface area contributed by atoms with Crippen molar-refractivity contribution in [2.45, 2.75) is 36.7 Å². The van der Waals surface area contributed by atoms with E-state index in [1.165, 1.54) is 6.92 Å². The van der Waals surface area contributed by atoms with E-state index in [2.05, 4.69) is 31.9 Å². The maximum Gasteiger partial charge on any atom is 0.311 e. The Morgan fingerprint density at radius 1 is 1.50 bits per heavy atom. The Morgan fingerprint density at radius 2 is 2.00 bits per heavy atom. The van der Waals surface area contributed by atoms with Crippen molar-refractivity contribution in [1.29, 1.82) is 0 Å². The highest BCUT2D eigenvalue weighted by atomic mass is 79.9. The summed E-state index contributed by atoms with van der Waals surface area (Å²) in [6, 6.07) is 0. The van der Waals surface area contributed by atoms with Crippen molar-refractivity contribution in [3.05, 3.63) is 0 Å². The van der Waals surface area contributed by atoms with Crippen LogP contribution in [0, 0.1) is 0 Å². The van der Waals surface area contributed by atoms with Gasteiger partial charge in [-0.1, -0.05) is 0 Å². The molecule has 0 amide bonds. The molecule has 0 aromatic heterocycles. The molecule has 0 saturated carbocycles. The Kier molecular flexibility index (Phi) is 5.66. The summed E-state index contributed by atoms with van der Waals surface area (Å²) in [4.78, 5) is 21.8. The number of esters is 2. The summed E-state index contributed by atoms with van der Waals surface area (Å²) >= 11 is 6.18. The van der Waals surface area contributed by atoms with Gasteiger partial charge in [0, 0.05) is 6.92 Å². The number of alkyl halides is 2. The van der Waals surface area contributed by atoms with Gasteiger partial charge >= 0.3 is 11.9 Å². The Balaban J connectivity index is 4.08. The fraction of sp³-hybridized carbons (Fsp3) is 0.750. The zero-order valence-electron chi connectivity index (χ0n) is 8.17. The fourth-order valence-electron chi connectivity index (χ4n) is 0.816. The van der Waals surface area contributed by atoms with Gasteiger partial charge < -0.3 is 9.47 Å². The van der Waals surface area contributed by atoms with Gasteiger partial charge in [-0.3, -0.25) is 9.59 Å². The van der Waals surface area contributed by atoms with Gasteiger partial charge in [-0.25, -0.2) is 0 Å². The molecule has 14 heavy (non-hydrogen) atoms. The average Bonchev–Trinajstić information content (AvgIpc) is 1.77. The van der Waals surface area contributed by atoms with Gasteiger partial charge in [-0.05, 0) is 45.7 Å². The maximum atomic E-state index is 11.2. The second-order valence-electron chi connectivity index (χ2n) is 2.91. The summed E-state index contributed by atoms with van der Waals surface area (Å²) in [5, 5.41) is -0.351. The van der Waals surface area contributed by atoms with Crippen LogP contribution in [0.15, 0.2) is 0 Å². The molecule has 0 saturated heterocycles. The molecular weight excluding hydrogens is 320 g/mol. The number of hydrogen-bond acceptors (Lipinski definition) is 4. The van der Waals surface area contributed by atoms with Crippen molar-refractivity contribution in [2.75, 3.05) is 0 Å². The summed E-state index contributed by atoms with van der Waals surface area (Å²) in [5.74, 6) is -0.904. The lowest BCUT2D eigenvalue weighted by atomic mass is 10.3. The molecule has 0 bridgehead atoms. The summed E-state index contributed by atoms with van der Waals surface area (Å²) in [7, 11) is 0. The molecule has 0 radical (unpaired) electrons. The number of hydrogen-bond donors (Lipinski definition) is 0. The molecule has 82 valence electrons. The maximum absolute atomic E-state index is 11.2. The van der Waals surface area contributed by atoms with Crippen LogP contribution in [0.1, 0.15) is 27.2 Å². The van der Waals surface area contributed by atoms with Crippen LogP contribution in [0.5, 0.6) is 0 Å². The van der Waals surface area contributed by atoms with E-state index in [1.807, 2.05) is 0 Å². The van der Waals surface area contributed by atoms with Crippen LogP contribution in [0.2, 0.25) is 0 Å². The second kappa shape index (κ2) is 5.70. The van der Waals surface area contributed by atoms with Crippen molar-refractivity contribution in [3.63, 3.8) is 0 Å². The minimum absolute atomic E-state index is 0.0392. The lowest BCUT2D eigenvalue weighted by Gasteiger charge is -2.21. The molecule has 0 aromatic carbocycles. The molecular formula is C8H12Br2O4. The van der Waals surface area contributed by atoms with Gasteiger partial charge in [-0.2, -0.15) is 0 Å². The SMILES string of the molecule is CC(=O)OC(C)(Br)CC(=O)OC(C)Br. The predicted octanol–water partition coefficient (Wildman–Crippen LogP) is 2.33. The number of carbonyl (C=O) groups is 2. The molecule has 4 nitrogen and oxygen atoms in total. The van der Waals surface area contributed by atoms with E-state index in [0.29, 0.717) is 0 Å². The van der Waals surface area contributed by atoms with Gasteiger partial charge in [-0.15, -0.1) is 0 Å². The lowest BCUT2D eigenvalue weighted by molar-refractivity contribution is -0.154. The lowest BCUT2D eigenvalue weighted by Crippen LogP contribution is -2.28. The summed E-state index contributed by atoms with van der Waals surface area (Å²) in [6.07, 6.45) is -0.0392. The smallest absolute Gasteiger partial charge is 0.311 e. The molecule has 2 atom stereocenters. The van der Waals surface area contributed by atoms with E-state index in [4.69, 9.17) is 9.47 Å².